The van der Waals surface area contributed by atoms with Crippen LogP contribution in [-0.4, -0.2) is 37.1 Å². The van der Waals surface area contributed by atoms with Crippen molar-refractivity contribution in [2.45, 2.75) is 19.5 Å². The molecular weight excluding hydrogens is 266 g/mol. The molecule has 1 heterocycles. The van der Waals surface area contributed by atoms with Gasteiger partial charge in [0.25, 0.3) is 0 Å². The third kappa shape index (κ3) is 5.97. The van der Waals surface area contributed by atoms with Gasteiger partial charge in [-0.15, -0.1) is 0 Å². The first-order chi connectivity index (χ1) is 10.2. The van der Waals surface area contributed by atoms with Crippen molar-refractivity contribution in [1.82, 2.24) is 15.2 Å². The molecule has 0 radical (unpaired) electrons. The van der Waals surface area contributed by atoms with Crippen molar-refractivity contribution in [3.63, 3.8) is 0 Å². The maximum absolute atomic E-state index is 5.71. The number of rotatable bonds is 9. The second kappa shape index (κ2) is 8.44. The van der Waals surface area contributed by atoms with Crippen molar-refractivity contribution in [2.75, 3.05) is 27.2 Å². The molecule has 1 aromatic carbocycles. The first-order valence-corrected chi connectivity index (χ1v) is 7.18. The number of nitrogens with zero attached hydrogens (tertiary/aromatic N) is 2. The maximum atomic E-state index is 5.71. The Morgan fingerprint density at radius 2 is 2.00 bits per heavy atom. The van der Waals surface area contributed by atoms with E-state index >= 15 is 0 Å². The summed E-state index contributed by atoms with van der Waals surface area (Å²) in [6.07, 6.45) is 4.13. The zero-order chi connectivity index (χ0) is 14.9. The lowest BCUT2D eigenvalue weighted by molar-refractivity contribution is 0.281. The van der Waals surface area contributed by atoms with Crippen LogP contribution in [0.4, 0.5) is 0 Å². The van der Waals surface area contributed by atoms with Gasteiger partial charge >= 0.3 is 0 Å². The lowest BCUT2D eigenvalue weighted by Crippen LogP contribution is -2.15. The van der Waals surface area contributed by atoms with Crippen molar-refractivity contribution < 1.29 is 9.15 Å². The van der Waals surface area contributed by atoms with Crippen LogP contribution in [0.15, 0.2) is 41.3 Å². The van der Waals surface area contributed by atoms with Crippen LogP contribution in [0.1, 0.15) is 17.7 Å². The van der Waals surface area contributed by atoms with E-state index in [1.165, 1.54) is 12.0 Å². The van der Waals surface area contributed by atoms with Gasteiger partial charge in [-0.25, -0.2) is 4.98 Å². The normalized spacial score (nSPS) is 11.0. The Bertz CT molecular complexity index is 495. The summed E-state index contributed by atoms with van der Waals surface area (Å²) in [6, 6.07) is 8.19. The van der Waals surface area contributed by atoms with Crippen LogP contribution >= 0.6 is 0 Å². The third-order valence-electron chi connectivity index (χ3n) is 3.06. The summed E-state index contributed by atoms with van der Waals surface area (Å²) in [4.78, 5) is 6.22. The predicted molar refractivity (Wildman–Crippen MR) is 82.2 cm³/mol. The Morgan fingerprint density at radius 1 is 1.19 bits per heavy atom. The molecule has 0 saturated carbocycles. The molecule has 0 fully saturated rings. The molecule has 5 heteroatoms. The minimum atomic E-state index is 0.708. The summed E-state index contributed by atoms with van der Waals surface area (Å²) < 4.78 is 10.6. The van der Waals surface area contributed by atoms with Crippen LogP contribution in [0, 0.1) is 0 Å². The fourth-order valence-electron chi connectivity index (χ4n) is 1.93. The minimum Gasteiger partial charge on any atom is -0.494 e. The summed E-state index contributed by atoms with van der Waals surface area (Å²) in [5.41, 5.74) is 2.13. The molecule has 0 unspecified atom stereocenters. The molecule has 0 aliphatic heterocycles. The van der Waals surface area contributed by atoms with Crippen LogP contribution in [0.2, 0.25) is 0 Å². The van der Waals surface area contributed by atoms with Crippen LogP contribution < -0.4 is 10.1 Å². The van der Waals surface area contributed by atoms with Crippen LogP contribution in [0.5, 0.6) is 5.75 Å². The van der Waals surface area contributed by atoms with Gasteiger partial charge in [0.05, 0.1) is 12.3 Å². The van der Waals surface area contributed by atoms with Gasteiger partial charge in [-0.2, -0.15) is 0 Å². The molecule has 1 aromatic heterocycles. The number of oxazole rings is 1. The van der Waals surface area contributed by atoms with Crippen LogP contribution in [0.25, 0.3) is 0 Å². The molecule has 0 atom stereocenters. The molecule has 0 aliphatic rings. The van der Waals surface area contributed by atoms with Gasteiger partial charge in [0.1, 0.15) is 12.0 Å². The van der Waals surface area contributed by atoms with E-state index in [-0.39, 0.29) is 0 Å². The Balaban J connectivity index is 1.66. The van der Waals surface area contributed by atoms with E-state index in [1.54, 1.807) is 6.26 Å². The molecule has 1 N–H and O–H groups in total. The Kier molecular flexibility index (Phi) is 6.24. The summed E-state index contributed by atoms with van der Waals surface area (Å²) in [6.45, 7) is 3.30. The number of benzene rings is 1. The average Bonchev–Trinajstić information content (AvgIpc) is 2.98. The highest BCUT2D eigenvalue weighted by atomic mass is 16.5. The van der Waals surface area contributed by atoms with E-state index in [0.29, 0.717) is 6.54 Å². The van der Waals surface area contributed by atoms with Crippen molar-refractivity contribution in [3.8, 4) is 5.75 Å². The van der Waals surface area contributed by atoms with E-state index < -0.39 is 0 Å². The van der Waals surface area contributed by atoms with E-state index in [0.717, 1.165) is 37.6 Å². The zero-order valence-corrected chi connectivity index (χ0v) is 12.7. The lowest BCUT2D eigenvalue weighted by Gasteiger charge is -2.10. The van der Waals surface area contributed by atoms with Gasteiger partial charge in [0, 0.05) is 19.6 Å². The van der Waals surface area contributed by atoms with Gasteiger partial charge < -0.3 is 19.4 Å². The molecule has 0 bridgehead atoms. The monoisotopic (exact) mass is 289 g/mol. The number of aromatic nitrogens is 1. The average molecular weight is 289 g/mol. The third-order valence-corrected chi connectivity index (χ3v) is 3.06. The molecule has 2 aromatic rings. The first-order valence-electron chi connectivity index (χ1n) is 7.18. The smallest absolute Gasteiger partial charge is 0.180 e. The number of nitrogens with one attached hydrogen (secondary N) is 1. The second-order valence-electron chi connectivity index (χ2n) is 5.23. The molecule has 5 nitrogen and oxygen atoms in total. The Labute approximate surface area is 125 Å². The standard InChI is InChI=1S/C16H23N3O2/c1-19(2)8-3-9-21-16-6-4-14(5-7-16)10-17-11-15-12-20-13-18-15/h4-7,12-13,17H,3,8-11H2,1-2H3. The Hall–Kier alpha value is -1.85. The van der Waals surface area contributed by atoms with Crippen molar-refractivity contribution >= 4 is 0 Å². The second-order valence-corrected chi connectivity index (χ2v) is 5.23. The van der Waals surface area contributed by atoms with E-state index in [1.807, 2.05) is 12.1 Å². The molecule has 0 saturated heterocycles. The van der Waals surface area contributed by atoms with Gasteiger partial charge in [-0.3, -0.25) is 0 Å². The zero-order valence-electron chi connectivity index (χ0n) is 12.7. The van der Waals surface area contributed by atoms with E-state index in [9.17, 15) is 0 Å². The fraction of sp³-hybridized carbons (Fsp3) is 0.438. The maximum Gasteiger partial charge on any atom is 0.180 e. The largest absolute Gasteiger partial charge is 0.494 e. The molecule has 0 spiro atoms. The summed E-state index contributed by atoms with van der Waals surface area (Å²) in [5, 5.41) is 3.32. The topological polar surface area (TPSA) is 50.5 Å². The highest BCUT2D eigenvalue weighted by molar-refractivity contribution is 5.27. The van der Waals surface area contributed by atoms with Crippen molar-refractivity contribution in [1.29, 1.82) is 0 Å². The molecular formula is C16H23N3O2. The highest BCUT2D eigenvalue weighted by Crippen LogP contribution is 2.12. The molecule has 0 aliphatic carbocycles. The summed E-state index contributed by atoms with van der Waals surface area (Å²) in [5.74, 6) is 0.925. The number of hydrogen-bond acceptors (Lipinski definition) is 5. The summed E-state index contributed by atoms with van der Waals surface area (Å²) >= 11 is 0. The molecule has 114 valence electrons. The van der Waals surface area contributed by atoms with Gasteiger partial charge in [0.15, 0.2) is 6.39 Å². The molecule has 21 heavy (non-hydrogen) atoms. The minimum absolute atomic E-state index is 0.708. The van der Waals surface area contributed by atoms with Crippen LogP contribution in [0.3, 0.4) is 0 Å². The molecule has 2 rings (SSSR count). The quantitative estimate of drug-likeness (QED) is 0.718. The number of ether oxygens (including phenoxy) is 1. The van der Waals surface area contributed by atoms with Crippen molar-refractivity contribution in [2.24, 2.45) is 0 Å². The number of hydrogen-bond donors (Lipinski definition) is 1. The SMILES string of the molecule is CN(C)CCCOc1ccc(CNCc2cocn2)cc1. The summed E-state index contributed by atoms with van der Waals surface area (Å²) in [7, 11) is 4.14. The van der Waals surface area contributed by atoms with E-state index in [4.69, 9.17) is 9.15 Å². The van der Waals surface area contributed by atoms with Crippen molar-refractivity contribution in [3.05, 3.63) is 48.2 Å². The van der Waals surface area contributed by atoms with Gasteiger partial charge in [-0.1, -0.05) is 12.1 Å². The van der Waals surface area contributed by atoms with Crippen LogP contribution in [-0.2, 0) is 13.1 Å². The Morgan fingerprint density at radius 3 is 2.67 bits per heavy atom. The first kappa shape index (κ1) is 15.5. The van der Waals surface area contributed by atoms with E-state index in [2.05, 4.69) is 41.4 Å². The lowest BCUT2D eigenvalue weighted by atomic mass is 10.2. The molecule has 0 amide bonds. The highest BCUT2D eigenvalue weighted by Gasteiger charge is 1.98. The van der Waals surface area contributed by atoms with Gasteiger partial charge in [-0.05, 0) is 38.2 Å². The fourth-order valence-corrected chi connectivity index (χ4v) is 1.93. The van der Waals surface area contributed by atoms with Gasteiger partial charge in [0.2, 0.25) is 0 Å². The predicted octanol–water partition coefficient (Wildman–Crippen LogP) is 2.29.